The predicted molar refractivity (Wildman–Crippen MR) is 135 cm³/mol. The molecule has 1 aliphatic heterocycles. The molecule has 2 aromatic carbocycles. The average molecular weight is 486 g/mol. The quantitative estimate of drug-likeness (QED) is 0.342. The number of hydrogen-bond donors (Lipinski definition) is 0. The number of halogens is 1. The Kier molecular flexibility index (Phi) is 8.85. The van der Waals surface area contributed by atoms with Gasteiger partial charge in [-0.1, -0.05) is 43.2 Å². The monoisotopic (exact) mass is 485 g/mol. The number of carbonyl (C=O) groups excluding carboxylic acids is 1. The first-order valence-corrected chi connectivity index (χ1v) is 12.9. The maximum atomic E-state index is 14.3. The third-order valence-corrected chi connectivity index (χ3v) is 6.94. The summed E-state index contributed by atoms with van der Waals surface area (Å²) in [5.41, 5.74) is 0.848. The molecule has 1 saturated heterocycles. The summed E-state index contributed by atoms with van der Waals surface area (Å²) < 4.78 is 26.3. The van der Waals surface area contributed by atoms with E-state index in [1.54, 1.807) is 23.1 Å². The molecular weight excluding hydrogens is 453 g/mol. The van der Waals surface area contributed by atoms with Crippen LogP contribution in [-0.4, -0.2) is 61.8 Å². The van der Waals surface area contributed by atoms with Crippen LogP contribution >= 0.6 is 11.3 Å². The van der Waals surface area contributed by atoms with Gasteiger partial charge >= 0.3 is 0 Å². The van der Waals surface area contributed by atoms with Crippen molar-refractivity contribution in [2.75, 3.05) is 50.9 Å². The lowest BCUT2D eigenvalue weighted by molar-refractivity contribution is 0.0376. The number of ether oxygens (including phenoxy) is 2. The number of fused-ring (bicyclic) bond motifs is 1. The fraction of sp³-hybridized carbons (Fsp3) is 0.462. The number of benzene rings is 2. The van der Waals surface area contributed by atoms with Gasteiger partial charge < -0.3 is 9.47 Å². The topological polar surface area (TPSA) is 54.9 Å². The van der Waals surface area contributed by atoms with Crippen molar-refractivity contribution < 1.29 is 18.7 Å². The van der Waals surface area contributed by atoms with E-state index in [4.69, 9.17) is 9.47 Å². The maximum Gasteiger partial charge on any atom is 0.260 e. The number of amides is 1. The number of morpholine rings is 1. The summed E-state index contributed by atoms with van der Waals surface area (Å²) in [6, 6.07) is 12.2. The normalized spacial score (nSPS) is 14.4. The molecule has 2 heterocycles. The molecule has 1 aliphatic rings. The number of para-hydroxylation sites is 1. The fourth-order valence-electron chi connectivity index (χ4n) is 4.00. The van der Waals surface area contributed by atoms with Crippen LogP contribution in [0.2, 0.25) is 0 Å². The van der Waals surface area contributed by atoms with Gasteiger partial charge in [-0.3, -0.25) is 14.6 Å². The molecule has 1 amide bonds. The van der Waals surface area contributed by atoms with E-state index < -0.39 is 0 Å². The van der Waals surface area contributed by atoms with Crippen LogP contribution in [0.3, 0.4) is 0 Å². The van der Waals surface area contributed by atoms with Gasteiger partial charge in [-0.05, 0) is 43.2 Å². The van der Waals surface area contributed by atoms with E-state index in [1.807, 2.05) is 18.2 Å². The average Bonchev–Trinajstić information content (AvgIpc) is 3.30. The van der Waals surface area contributed by atoms with Crippen molar-refractivity contribution in [2.45, 2.75) is 32.6 Å². The van der Waals surface area contributed by atoms with Crippen LogP contribution < -0.4 is 9.64 Å². The minimum absolute atomic E-state index is 0.152. The molecule has 4 rings (SSSR count). The van der Waals surface area contributed by atoms with Crippen LogP contribution in [-0.2, 0) is 4.74 Å². The van der Waals surface area contributed by atoms with Gasteiger partial charge in [-0.2, -0.15) is 0 Å². The largest absolute Gasteiger partial charge is 0.494 e. The van der Waals surface area contributed by atoms with E-state index in [9.17, 15) is 9.18 Å². The molecule has 0 bridgehead atoms. The van der Waals surface area contributed by atoms with Gasteiger partial charge in [0.05, 0.1) is 24.5 Å². The molecule has 0 N–H and O–H groups in total. The first kappa shape index (κ1) is 24.6. The van der Waals surface area contributed by atoms with Gasteiger partial charge in [-0.25, -0.2) is 9.37 Å². The summed E-state index contributed by atoms with van der Waals surface area (Å²) in [4.78, 5) is 22.2. The van der Waals surface area contributed by atoms with Gasteiger partial charge in [0.1, 0.15) is 17.1 Å². The predicted octanol–water partition coefficient (Wildman–Crippen LogP) is 5.37. The molecule has 3 aromatic rings. The Hall–Kier alpha value is -2.55. The highest BCUT2D eigenvalue weighted by molar-refractivity contribution is 7.22. The highest BCUT2D eigenvalue weighted by Crippen LogP contribution is 2.31. The molecule has 34 heavy (non-hydrogen) atoms. The van der Waals surface area contributed by atoms with Gasteiger partial charge in [0.15, 0.2) is 5.13 Å². The third kappa shape index (κ3) is 6.31. The van der Waals surface area contributed by atoms with Crippen molar-refractivity contribution in [3.63, 3.8) is 0 Å². The Balaban J connectivity index is 1.52. The maximum absolute atomic E-state index is 14.3. The molecule has 1 fully saturated rings. The van der Waals surface area contributed by atoms with Crippen molar-refractivity contribution in [1.29, 1.82) is 0 Å². The van der Waals surface area contributed by atoms with Crippen LogP contribution in [0.15, 0.2) is 42.5 Å². The first-order valence-electron chi connectivity index (χ1n) is 12.1. The van der Waals surface area contributed by atoms with E-state index in [0.29, 0.717) is 35.1 Å². The molecule has 0 aliphatic carbocycles. The summed E-state index contributed by atoms with van der Waals surface area (Å²) in [6.45, 7) is 7.43. The van der Waals surface area contributed by atoms with Crippen molar-refractivity contribution in [2.24, 2.45) is 0 Å². The minimum atomic E-state index is -0.372. The Labute approximate surface area is 204 Å². The highest BCUT2D eigenvalue weighted by atomic mass is 32.1. The van der Waals surface area contributed by atoms with Gasteiger partial charge in [0.25, 0.3) is 5.91 Å². The lowest BCUT2D eigenvalue weighted by atomic mass is 10.2. The van der Waals surface area contributed by atoms with Gasteiger partial charge in [0.2, 0.25) is 0 Å². The number of unbranched alkanes of at least 4 members (excludes halogenated alkanes) is 2. The zero-order valence-electron chi connectivity index (χ0n) is 19.7. The van der Waals surface area contributed by atoms with Crippen LogP contribution in [0, 0.1) is 5.82 Å². The van der Waals surface area contributed by atoms with Crippen molar-refractivity contribution in [1.82, 2.24) is 9.88 Å². The summed E-state index contributed by atoms with van der Waals surface area (Å²) in [6.07, 6.45) is 4.02. The van der Waals surface area contributed by atoms with Gasteiger partial charge in [-0.15, -0.1) is 0 Å². The Morgan fingerprint density at radius 3 is 2.79 bits per heavy atom. The lowest BCUT2D eigenvalue weighted by Crippen LogP contribution is -2.39. The third-order valence-electron chi connectivity index (χ3n) is 5.89. The molecule has 0 radical (unpaired) electrons. The summed E-state index contributed by atoms with van der Waals surface area (Å²) in [5.74, 6) is 0.161. The van der Waals surface area contributed by atoms with Crippen LogP contribution in [0.1, 0.15) is 43.0 Å². The Morgan fingerprint density at radius 2 is 2.00 bits per heavy atom. The standard InChI is InChI=1S/C26H32FN3O3S/c1-2-3-4-16-33-21-9-5-8-20(19-21)25(31)30(13-7-12-29-14-17-32-18-15-29)26-28-24-22(27)10-6-11-23(24)34-26/h5-6,8-11,19H,2-4,7,12-18H2,1H3. The lowest BCUT2D eigenvalue weighted by Gasteiger charge is -2.27. The zero-order valence-corrected chi connectivity index (χ0v) is 20.5. The smallest absolute Gasteiger partial charge is 0.260 e. The van der Waals surface area contributed by atoms with E-state index in [1.165, 1.54) is 17.4 Å². The van der Waals surface area contributed by atoms with Crippen LogP contribution in [0.4, 0.5) is 9.52 Å². The zero-order chi connectivity index (χ0) is 23.8. The number of aromatic nitrogens is 1. The number of nitrogens with zero attached hydrogens (tertiary/aromatic N) is 3. The van der Waals surface area contributed by atoms with E-state index in [2.05, 4.69) is 16.8 Å². The number of hydrogen-bond acceptors (Lipinski definition) is 6. The van der Waals surface area contributed by atoms with Crippen LogP contribution in [0.5, 0.6) is 5.75 Å². The number of rotatable bonds is 11. The van der Waals surface area contributed by atoms with E-state index >= 15 is 0 Å². The second-order valence-corrected chi connectivity index (χ2v) is 9.44. The molecule has 0 atom stereocenters. The van der Waals surface area contributed by atoms with E-state index in [-0.39, 0.29) is 11.7 Å². The molecule has 0 unspecified atom stereocenters. The molecule has 0 spiro atoms. The molecule has 0 saturated carbocycles. The molecule has 8 heteroatoms. The Morgan fingerprint density at radius 1 is 1.18 bits per heavy atom. The van der Waals surface area contributed by atoms with Crippen molar-refractivity contribution >= 4 is 32.6 Å². The number of carbonyl (C=O) groups is 1. The Bertz CT molecular complexity index is 1080. The van der Waals surface area contributed by atoms with Crippen molar-refractivity contribution in [3.8, 4) is 5.75 Å². The fourth-order valence-corrected chi connectivity index (χ4v) is 5.00. The number of thiazole rings is 1. The molecule has 1 aromatic heterocycles. The van der Waals surface area contributed by atoms with E-state index in [0.717, 1.165) is 63.2 Å². The second-order valence-electron chi connectivity index (χ2n) is 8.43. The van der Waals surface area contributed by atoms with Crippen molar-refractivity contribution in [3.05, 3.63) is 53.8 Å². The van der Waals surface area contributed by atoms with Gasteiger partial charge in [0, 0.05) is 31.7 Å². The minimum Gasteiger partial charge on any atom is -0.494 e. The summed E-state index contributed by atoms with van der Waals surface area (Å²) in [5, 5.41) is 0.515. The summed E-state index contributed by atoms with van der Waals surface area (Å²) >= 11 is 1.34. The molecule has 6 nitrogen and oxygen atoms in total. The summed E-state index contributed by atoms with van der Waals surface area (Å²) in [7, 11) is 0. The highest BCUT2D eigenvalue weighted by Gasteiger charge is 2.23. The molecular formula is C26H32FN3O3S. The number of anilines is 1. The first-order chi connectivity index (χ1) is 16.7. The second kappa shape index (κ2) is 12.2. The van der Waals surface area contributed by atoms with Crippen LogP contribution in [0.25, 0.3) is 10.2 Å². The molecule has 182 valence electrons. The SMILES string of the molecule is CCCCCOc1cccc(C(=O)N(CCCN2CCOCC2)c2nc3c(F)cccc3s2)c1.